The van der Waals surface area contributed by atoms with Crippen molar-refractivity contribution >= 4 is 11.9 Å². The first-order valence-corrected chi connectivity index (χ1v) is 5.01. The smallest absolute Gasteiger partial charge is 0.322 e. The minimum atomic E-state index is -0.0605. The fraction of sp³-hybridized carbons (Fsp3) is 0.300. The van der Waals surface area contributed by atoms with Gasteiger partial charge in [0, 0.05) is 5.92 Å². The van der Waals surface area contributed by atoms with Crippen LogP contribution in [0.2, 0.25) is 0 Å². The van der Waals surface area contributed by atoms with Gasteiger partial charge in [0.05, 0.1) is 6.26 Å². The molecular formula is C10H9N3O3. The Morgan fingerprint density at radius 3 is 3.00 bits per heavy atom. The summed E-state index contributed by atoms with van der Waals surface area (Å²) in [5.41, 5.74) is 0. The number of carbonyl (C=O) groups is 1. The Kier molecular flexibility index (Phi) is 1.99. The zero-order chi connectivity index (χ0) is 11.0. The number of carbonyl (C=O) groups excluding carboxylic acids is 1. The Morgan fingerprint density at radius 2 is 2.31 bits per heavy atom. The molecule has 3 rings (SSSR count). The molecule has 0 spiro atoms. The summed E-state index contributed by atoms with van der Waals surface area (Å²) in [6.45, 7) is 0. The number of furan rings is 1. The molecule has 0 aliphatic heterocycles. The number of nitrogens with one attached hydrogen (secondary N) is 1. The Morgan fingerprint density at radius 1 is 1.44 bits per heavy atom. The van der Waals surface area contributed by atoms with Crippen molar-refractivity contribution in [3.05, 3.63) is 18.4 Å². The van der Waals surface area contributed by atoms with Crippen LogP contribution < -0.4 is 5.32 Å². The molecule has 1 aliphatic carbocycles. The van der Waals surface area contributed by atoms with Gasteiger partial charge >= 0.3 is 6.01 Å². The first-order chi connectivity index (χ1) is 7.83. The number of nitrogens with zero attached hydrogens (tertiary/aromatic N) is 2. The Labute approximate surface area is 90.7 Å². The molecule has 82 valence electrons. The van der Waals surface area contributed by atoms with Crippen LogP contribution in [0.5, 0.6) is 0 Å². The highest BCUT2D eigenvalue weighted by molar-refractivity contribution is 5.92. The Bertz CT molecular complexity index is 499. The summed E-state index contributed by atoms with van der Waals surface area (Å²) in [7, 11) is 0. The van der Waals surface area contributed by atoms with Crippen LogP contribution in [0.3, 0.4) is 0 Å². The molecule has 0 atom stereocenters. The van der Waals surface area contributed by atoms with E-state index in [-0.39, 0.29) is 23.7 Å². The standard InChI is InChI=1S/C10H9N3O3/c14-8(6-3-4-6)11-10-13-12-9(16-10)7-2-1-5-15-7/h1-2,5-6H,3-4H2,(H,11,13,14). The van der Waals surface area contributed by atoms with Crippen molar-refractivity contribution in [2.75, 3.05) is 5.32 Å². The van der Waals surface area contributed by atoms with E-state index in [1.165, 1.54) is 6.26 Å². The van der Waals surface area contributed by atoms with Crippen LogP contribution in [-0.4, -0.2) is 16.1 Å². The number of aromatic nitrogens is 2. The number of hydrogen-bond donors (Lipinski definition) is 1. The van der Waals surface area contributed by atoms with E-state index in [0.717, 1.165) is 12.8 Å². The number of amides is 1. The lowest BCUT2D eigenvalue weighted by atomic mass is 10.4. The van der Waals surface area contributed by atoms with E-state index in [0.29, 0.717) is 5.76 Å². The molecule has 2 aromatic heterocycles. The van der Waals surface area contributed by atoms with Gasteiger partial charge in [0.15, 0.2) is 5.76 Å². The SMILES string of the molecule is O=C(Nc1nnc(-c2ccco2)o1)C1CC1. The van der Waals surface area contributed by atoms with Gasteiger partial charge in [-0.2, -0.15) is 0 Å². The Hall–Kier alpha value is -2.11. The second kappa shape index (κ2) is 3.48. The number of hydrogen-bond acceptors (Lipinski definition) is 5. The van der Waals surface area contributed by atoms with E-state index in [4.69, 9.17) is 8.83 Å². The highest BCUT2D eigenvalue weighted by Crippen LogP contribution is 2.30. The fourth-order valence-corrected chi connectivity index (χ4v) is 1.33. The maximum Gasteiger partial charge on any atom is 0.322 e. The van der Waals surface area contributed by atoms with Crippen LogP contribution in [0.1, 0.15) is 12.8 Å². The van der Waals surface area contributed by atoms with Crippen LogP contribution in [0.15, 0.2) is 27.2 Å². The van der Waals surface area contributed by atoms with Gasteiger partial charge in [0.1, 0.15) is 0 Å². The fourth-order valence-electron chi connectivity index (χ4n) is 1.33. The van der Waals surface area contributed by atoms with Crippen molar-refractivity contribution in [3.8, 4) is 11.7 Å². The van der Waals surface area contributed by atoms with Gasteiger partial charge in [-0.25, -0.2) is 0 Å². The van der Waals surface area contributed by atoms with E-state index in [2.05, 4.69) is 15.5 Å². The topological polar surface area (TPSA) is 81.2 Å². The third-order valence-electron chi connectivity index (χ3n) is 2.34. The molecule has 1 N–H and O–H groups in total. The lowest BCUT2D eigenvalue weighted by molar-refractivity contribution is -0.117. The minimum absolute atomic E-state index is 0.0605. The molecule has 1 amide bonds. The molecule has 0 bridgehead atoms. The molecule has 1 fully saturated rings. The summed E-state index contributed by atoms with van der Waals surface area (Å²) in [6.07, 6.45) is 3.39. The summed E-state index contributed by atoms with van der Waals surface area (Å²) in [5, 5.41) is 10.0. The maximum atomic E-state index is 11.4. The van der Waals surface area contributed by atoms with E-state index in [9.17, 15) is 4.79 Å². The van der Waals surface area contributed by atoms with Crippen LogP contribution in [0.25, 0.3) is 11.7 Å². The summed E-state index contributed by atoms with van der Waals surface area (Å²) in [5.74, 6) is 0.795. The summed E-state index contributed by atoms with van der Waals surface area (Å²) in [6, 6.07) is 3.55. The van der Waals surface area contributed by atoms with Crippen LogP contribution in [-0.2, 0) is 4.79 Å². The van der Waals surface area contributed by atoms with Gasteiger partial charge in [-0.15, -0.1) is 5.10 Å². The van der Waals surface area contributed by atoms with E-state index >= 15 is 0 Å². The van der Waals surface area contributed by atoms with Crippen LogP contribution in [0, 0.1) is 5.92 Å². The summed E-state index contributed by atoms with van der Waals surface area (Å²) < 4.78 is 10.3. The lowest BCUT2D eigenvalue weighted by Gasteiger charge is -1.95. The monoisotopic (exact) mass is 219 g/mol. The summed E-state index contributed by atoms with van der Waals surface area (Å²) >= 11 is 0. The highest BCUT2D eigenvalue weighted by Gasteiger charge is 2.30. The van der Waals surface area contributed by atoms with Crippen molar-refractivity contribution in [2.24, 2.45) is 5.92 Å². The van der Waals surface area contributed by atoms with E-state index in [1.54, 1.807) is 12.1 Å². The van der Waals surface area contributed by atoms with Crippen molar-refractivity contribution in [1.82, 2.24) is 10.2 Å². The van der Waals surface area contributed by atoms with Gasteiger partial charge in [-0.05, 0) is 25.0 Å². The molecule has 6 nitrogen and oxygen atoms in total. The molecule has 1 saturated carbocycles. The Balaban J connectivity index is 1.75. The maximum absolute atomic E-state index is 11.4. The zero-order valence-electron chi connectivity index (χ0n) is 8.34. The molecule has 2 heterocycles. The van der Waals surface area contributed by atoms with Crippen LogP contribution in [0.4, 0.5) is 6.01 Å². The van der Waals surface area contributed by atoms with Gasteiger partial charge in [0.2, 0.25) is 5.91 Å². The molecular weight excluding hydrogens is 210 g/mol. The largest absolute Gasteiger partial charge is 0.459 e. The third-order valence-corrected chi connectivity index (χ3v) is 2.34. The molecule has 2 aromatic rings. The van der Waals surface area contributed by atoms with Crippen molar-refractivity contribution in [2.45, 2.75) is 12.8 Å². The first-order valence-electron chi connectivity index (χ1n) is 5.01. The van der Waals surface area contributed by atoms with Crippen molar-refractivity contribution < 1.29 is 13.6 Å². The van der Waals surface area contributed by atoms with Gasteiger partial charge in [0.25, 0.3) is 5.89 Å². The van der Waals surface area contributed by atoms with Gasteiger partial charge in [-0.3, -0.25) is 10.1 Å². The zero-order valence-corrected chi connectivity index (χ0v) is 8.34. The third kappa shape index (κ3) is 1.69. The summed E-state index contributed by atoms with van der Waals surface area (Å²) in [4.78, 5) is 11.4. The second-order valence-corrected chi connectivity index (χ2v) is 3.65. The van der Waals surface area contributed by atoms with E-state index < -0.39 is 0 Å². The lowest BCUT2D eigenvalue weighted by Crippen LogP contribution is -2.13. The minimum Gasteiger partial charge on any atom is -0.459 e. The number of rotatable bonds is 3. The van der Waals surface area contributed by atoms with Crippen molar-refractivity contribution in [3.63, 3.8) is 0 Å². The average molecular weight is 219 g/mol. The molecule has 0 saturated heterocycles. The van der Waals surface area contributed by atoms with Gasteiger partial charge < -0.3 is 8.83 Å². The molecule has 0 radical (unpaired) electrons. The van der Waals surface area contributed by atoms with Gasteiger partial charge in [-0.1, -0.05) is 5.10 Å². The predicted molar refractivity (Wildman–Crippen MR) is 53.4 cm³/mol. The number of anilines is 1. The van der Waals surface area contributed by atoms with Crippen molar-refractivity contribution in [1.29, 1.82) is 0 Å². The molecule has 0 unspecified atom stereocenters. The first kappa shape index (κ1) is 9.14. The molecule has 0 aromatic carbocycles. The highest BCUT2D eigenvalue weighted by atomic mass is 16.4. The average Bonchev–Trinajstić information content (AvgIpc) is 2.80. The molecule has 1 aliphatic rings. The second-order valence-electron chi connectivity index (χ2n) is 3.65. The quantitative estimate of drug-likeness (QED) is 0.849. The molecule has 16 heavy (non-hydrogen) atoms. The predicted octanol–water partition coefficient (Wildman–Crippen LogP) is 1.68. The normalized spacial score (nSPS) is 15.0. The van der Waals surface area contributed by atoms with E-state index in [1.807, 2.05) is 0 Å². The van der Waals surface area contributed by atoms with Crippen LogP contribution >= 0.6 is 0 Å². The molecule has 6 heteroatoms.